The Morgan fingerprint density at radius 2 is 1.92 bits per heavy atom. The van der Waals surface area contributed by atoms with Crippen molar-refractivity contribution < 1.29 is 9.59 Å². The van der Waals surface area contributed by atoms with Crippen molar-refractivity contribution in [2.45, 2.75) is 33.1 Å². The number of carbonyl (C=O) groups excluding carboxylic acids is 2. The van der Waals surface area contributed by atoms with Crippen molar-refractivity contribution in [3.05, 3.63) is 0 Å². The molecule has 2 heterocycles. The number of piperazine rings is 1. The molecule has 2 fully saturated rings. The van der Waals surface area contributed by atoms with Crippen molar-refractivity contribution in [1.82, 2.24) is 25.8 Å². The molecule has 1 unspecified atom stereocenters. The molecule has 3 N–H and O–H groups in total. The van der Waals surface area contributed by atoms with Gasteiger partial charge in [-0.2, -0.15) is 0 Å². The van der Waals surface area contributed by atoms with Crippen LogP contribution >= 0.6 is 0 Å². The fourth-order valence-corrected chi connectivity index (χ4v) is 3.37. The van der Waals surface area contributed by atoms with E-state index in [1.54, 1.807) is 4.90 Å². The van der Waals surface area contributed by atoms with Gasteiger partial charge in [-0.15, -0.1) is 0 Å². The van der Waals surface area contributed by atoms with Crippen LogP contribution in [0.3, 0.4) is 0 Å². The molecular formula is C18H35N5O2. The summed E-state index contributed by atoms with van der Waals surface area (Å²) in [5, 5.41) is 9.35. The average molecular weight is 354 g/mol. The summed E-state index contributed by atoms with van der Waals surface area (Å²) in [4.78, 5) is 28.8. The largest absolute Gasteiger partial charge is 0.356 e. The first-order valence-corrected chi connectivity index (χ1v) is 9.80. The SMILES string of the molecule is CC(C)CNC(=O)N1CCCC(C(=O)NCCCN2CCNCC2)C1. The van der Waals surface area contributed by atoms with Crippen LogP contribution < -0.4 is 16.0 Å². The zero-order chi connectivity index (χ0) is 18.1. The van der Waals surface area contributed by atoms with Crippen molar-refractivity contribution in [3.8, 4) is 0 Å². The third-order valence-corrected chi connectivity index (χ3v) is 4.90. The minimum Gasteiger partial charge on any atom is -0.356 e. The van der Waals surface area contributed by atoms with Crippen LogP contribution in [0.25, 0.3) is 0 Å². The van der Waals surface area contributed by atoms with E-state index in [-0.39, 0.29) is 17.9 Å². The second-order valence-electron chi connectivity index (χ2n) is 7.60. The van der Waals surface area contributed by atoms with Crippen LogP contribution in [0, 0.1) is 11.8 Å². The zero-order valence-corrected chi connectivity index (χ0v) is 15.9. The van der Waals surface area contributed by atoms with Gasteiger partial charge >= 0.3 is 6.03 Å². The summed E-state index contributed by atoms with van der Waals surface area (Å²) in [5.74, 6) is 0.461. The third kappa shape index (κ3) is 7.20. The molecule has 0 radical (unpaired) electrons. The minimum atomic E-state index is -0.0715. The summed E-state index contributed by atoms with van der Waals surface area (Å²) in [7, 11) is 0. The van der Waals surface area contributed by atoms with Crippen molar-refractivity contribution >= 4 is 11.9 Å². The monoisotopic (exact) mass is 353 g/mol. The molecule has 2 aliphatic heterocycles. The fourth-order valence-electron chi connectivity index (χ4n) is 3.37. The highest BCUT2D eigenvalue weighted by Gasteiger charge is 2.28. The van der Waals surface area contributed by atoms with Gasteiger partial charge in [-0.25, -0.2) is 4.79 Å². The molecule has 0 aromatic heterocycles. The number of hydrogen-bond donors (Lipinski definition) is 3. The van der Waals surface area contributed by atoms with Crippen LogP contribution in [0.2, 0.25) is 0 Å². The normalized spacial score (nSPS) is 22.0. The number of carbonyl (C=O) groups is 2. The summed E-state index contributed by atoms with van der Waals surface area (Å²) in [6.07, 6.45) is 2.75. The van der Waals surface area contributed by atoms with Crippen LogP contribution in [0.1, 0.15) is 33.1 Å². The van der Waals surface area contributed by atoms with Crippen LogP contribution in [-0.4, -0.2) is 80.6 Å². The molecule has 144 valence electrons. The Morgan fingerprint density at radius 1 is 1.16 bits per heavy atom. The van der Waals surface area contributed by atoms with Crippen LogP contribution in [0.15, 0.2) is 0 Å². The van der Waals surface area contributed by atoms with Gasteiger partial charge in [0.2, 0.25) is 5.91 Å². The summed E-state index contributed by atoms with van der Waals surface area (Å²) in [5.41, 5.74) is 0. The number of nitrogens with one attached hydrogen (secondary N) is 3. The highest BCUT2D eigenvalue weighted by Crippen LogP contribution is 2.16. The van der Waals surface area contributed by atoms with Crippen molar-refractivity contribution in [2.24, 2.45) is 11.8 Å². The summed E-state index contributed by atoms with van der Waals surface area (Å²) in [6, 6.07) is -0.0371. The second kappa shape index (κ2) is 10.6. The molecule has 3 amide bonds. The van der Waals surface area contributed by atoms with Gasteiger partial charge in [0.1, 0.15) is 0 Å². The van der Waals surface area contributed by atoms with E-state index in [1.807, 2.05) is 0 Å². The maximum absolute atomic E-state index is 12.4. The lowest BCUT2D eigenvalue weighted by molar-refractivity contribution is -0.126. The molecule has 0 saturated carbocycles. The number of piperidine rings is 1. The maximum Gasteiger partial charge on any atom is 0.317 e. The number of urea groups is 1. The molecule has 0 spiro atoms. The topological polar surface area (TPSA) is 76.7 Å². The first-order valence-electron chi connectivity index (χ1n) is 9.80. The molecule has 2 aliphatic rings. The Bertz CT molecular complexity index is 424. The van der Waals surface area contributed by atoms with Crippen molar-refractivity contribution in [2.75, 3.05) is 58.9 Å². The van der Waals surface area contributed by atoms with E-state index >= 15 is 0 Å². The third-order valence-electron chi connectivity index (χ3n) is 4.90. The molecule has 0 aromatic carbocycles. The first-order chi connectivity index (χ1) is 12.1. The Labute approximate surface area is 151 Å². The van der Waals surface area contributed by atoms with Crippen molar-refractivity contribution in [1.29, 1.82) is 0 Å². The van der Waals surface area contributed by atoms with E-state index in [9.17, 15) is 9.59 Å². The van der Waals surface area contributed by atoms with E-state index in [0.29, 0.717) is 19.0 Å². The van der Waals surface area contributed by atoms with Gasteiger partial charge in [-0.3, -0.25) is 4.79 Å². The number of amides is 3. The number of rotatable bonds is 7. The average Bonchev–Trinajstić information content (AvgIpc) is 2.64. The number of nitrogens with zero attached hydrogens (tertiary/aromatic N) is 2. The second-order valence-corrected chi connectivity index (χ2v) is 7.60. The summed E-state index contributed by atoms with van der Waals surface area (Å²) < 4.78 is 0. The van der Waals surface area contributed by atoms with Gasteiger partial charge in [0, 0.05) is 52.4 Å². The quantitative estimate of drug-likeness (QED) is 0.582. The molecule has 7 heteroatoms. The minimum absolute atomic E-state index is 0.0371. The van der Waals surface area contributed by atoms with E-state index in [4.69, 9.17) is 0 Å². The molecule has 25 heavy (non-hydrogen) atoms. The van der Waals surface area contributed by atoms with E-state index in [0.717, 1.165) is 65.1 Å². The highest BCUT2D eigenvalue weighted by molar-refractivity contribution is 5.80. The van der Waals surface area contributed by atoms with Gasteiger partial charge in [-0.1, -0.05) is 13.8 Å². The molecule has 0 bridgehead atoms. The van der Waals surface area contributed by atoms with Gasteiger partial charge in [-0.05, 0) is 31.7 Å². The fraction of sp³-hybridized carbons (Fsp3) is 0.889. The lowest BCUT2D eigenvalue weighted by atomic mass is 9.97. The Hall–Kier alpha value is -1.34. The van der Waals surface area contributed by atoms with E-state index < -0.39 is 0 Å². The summed E-state index contributed by atoms with van der Waals surface area (Å²) >= 11 is 0. The standard InChI is InChI=1S/C18H35N5O2/c1-15(2)13-21-18(25)23-10-3-5-16(14-23)17(24)20-6-4-9-22-11-7-19-8-12-22/h15-16,19H,3-14H2,1-2H3,(H,20,24)(H,21,25). The Balaban J connectivity index is 1.63. The molecule has 2 saturated heterocycles. The lowest BCUT2D eigenvalue weighted by Crippen LogP contribution is -2.49. The van der Waals surface area contributed by atoms with Gasteiger partial charge in [0.25, 0.3) is 0 Å². The molecular weight excluding hydrogens is 318 g/mol. The smallest absolute Gasteiger partial charge is 0.317 e. The molecule has 0 aromatic rings. The van der Waals surface area contributed by atoms with Gasteiger partial charge < -0.3 is 25.8 Å². The van der Waals surface area contributed by atoms with Crippen LogP contribution in [0.4, 0.5) is 4.79 Å². The van der Waals surface area contributed by atoms with Gasteiger partial charge in [0.05, 0.1) is 5.92 Å². The van der Waals surface area contributed by atoms with Gasteiger partial charge in [0.15, 0.2) is 0 Å². The Kier molecular flexibility index (Phi) is 8.48. The van der Waals surface area contributed by atoms with Crippen molar-refractivity contribution in [3.63, 3.8) is 0 Å². The molecule has 1 atom stereocenters. The van der Waals surface area contributed by atoms with E-state index in [2.05, 4.69) is 34.7 Å². The predicted octanol–water partition coefficient (Wildman–Crippen LogP) is 0.476. The molecule has 7 nitrogen and oxygen atoms in total. The zero-order valence-electron chi connectivity index (χ0n) is 15.9. The van der Waals surface area contributed by atoms with Crippen LogP contribution in [0.5, 0.6) is 0 Å². The molecule has 2 rings (SSSR count). The molecule has 0 aliphatic carbocycles. The maximum atomic E-state index is 12.4. The predicted molar refractivity (Wildman–Crippen MR) is 99.5 cm³/mol. The Morgan fingerprint density at radius 3 is 2.64 bits per heavy atom. The van der Waals surface area contributed by atoms with E-state index in [1.165, 1.54) is 0 Å². The number of likely N-dealkylation sites (tertiary alicyclic amines) is 1. The highest BCUT2D eigenvalue weighted by atomic mass is 16.2. The number of hydrogen-bond acceptors (Lipinski definition) is 4. The summed E-state index contributed by atoms with van der Waals surface area (Å²) in [6.45, 7) is 12.2. The first kappa shape index (κ1) is 20.0. The lowest BCUT2D eigenvalue weighted by Gasteiger charge is -2.32. The van der Waals surface area contributed by atoms with Crippen LogP contribution in [-0.2, 0) is 4.79 Å².